The van der Waals surface area contributed by atoms with Crippen molar-refractivity contribution in [3.05, 3.63) is 52.4 Å². The van der Waals surface area contributed by atoms with Crippen LogP contribution in [0.15, 0.2) is 50.4 Å². The van der Waals surface area contributed by atoms with Gasteiger partial charge < -0.3 is 4.42 Å². The Kier molecular flexibility index (Phi) is 4.07. The van der Waals surface area contributed by atoms with E-state index in [4.69, 9.17) is 4.42 Å². The first-order valence-electron chi connectivity index (χ1n) is 5.12. The maximum absolute atomic E-state index is 11.2. The molecule has 0 bridgehead atoms. The summed E-state index contributed by atoms with van der Waals surface area (Å²) < 4.78 is 6.21. The summed E-state index contributed by atoms with van der Waals surface area (Å²) in [7, 11) is 0. The lowest BCUT2D eigenvalue weighted by atomic mass is 10.2. The van der Waals surface area contributed by atoms with Crippen LogP contribution in [0, 0.1) is 0 Å². The lowest BCUT2D eigenvalue weighted by molar-refractivity contribution is 0.101. The predicted molar refractivity (Wildman–Crippen MR) is 72.4 cm³/mol. The van der Waals surface area contributed by atoms with Gasteiger partial charge in [-0.2, -0.15) is 0 Å². The van der Waals surface area contributed by atoms with Gasteiger partial charge in [-0.15, -0.1) is 11.8 Å². The molecule has 0 amide bonds. The molecule has 2 rings (SSSR count). The minimum atomic E-state index is 0.0771. The number of carbonyl (C=O) groups is 1. The summed E-state index contributed by atoms with van der Waals surface area (Å²) in [5.74, 6) is 1.80. The second-order valence-electron chi connectivity index (χ2n) is 3.57. The lowest BCUT2D eigenvalue weighted by Gasteiger charge is -2.04. The fourth-order valence-corrected chi connectivity index (χ4v) is 2.93. The summed E-state index contributed by atoms with van der Waals surface area (Å²) in [6, 6.07) is 9.48. The number of benzene rings is 1. The average molecular weight is 311 g/mol. The topological polar surface area (TPSA) is 30.2 Å². The monoisotopic (exact) mass is 310 g/mol. The summed E-state index contributed by atoms with van der Waals surface area (Å²) in [5.41, 5.74) is 0.722. The maximum atomic E-state index is 11.2. The molecule has 0 atom stereocenters. The minimum Gasteiger partial charge on any atom is -0.468 e. The second-order valence-corrected chi connectivity index (χ2v) is 5.44. The first-order chi connectivity index (χ1) is 8.16. The van der Waals surface area contributed by atoms with Crippen molar-refractivity contribution in [2.24, 2.45) is 0 Å². The molecule has 4 heteroatoms. The maximum Gasteiger partial charge on any atom is 0.159 e. The van der Waals surface area contributed by atoms with Crippen molar-refractivity contribution in [3.63, 3.8) is 0 Å². The molecule has 0 aliphatic rings. The Balaban J connectivity index is 2.09. The standard InChI is InChI=1S/C13H11BrO2S/c1-9(15)10-4-5-13(12(14)7-10)17-8-11-3-2-6-16-11/h2-7H,8H2,1H3. The van der Waals surface area contributed by atoms with E-state index < -0.39 is 0 Å². The van der Waals surface area contributed by atoms with Crippen molar-refractivity contribution in [3.8, 4) is 0 Å². The van der Waals surface area contributed by atoms with E-state index in [9.17, 15) is 4.79 Å². The van der Waals surface area contributed by atoms with Crippen molar-refractivity contribution in [2.45, 2.75) is 17.6 Å². The summed E-state index contributed by atoms with van der Waals surface area (Å²) >= 11 is 5.15. The van der Waals surface area contributed by atoms with Crippen molar-refractivity contribution >= 4 is 33.5 Å². The van der Waals surface area contributed by atoms with Gasteiger partial charge in [0, 0.05) is 14.9 Å². The van der Waals surface area contributed by atoms with Crippen LogP contribution in [-0.2, 0) is 5.75 Å². The molecule has 0 saturated heterocycles. The third-order valence-electron chi connectivity index (χ3n) is 2.29. The highest BCUT2D eigenvalue weighted by Crippen LogP contribution is 2.31. The largest absolute Gasteiger partial charge is 0.468 e. The van der Waals surface area contributed by atoms with Crippen LogP contribution in [0.2, 0.25) is 0 Å². The quantitative estimate of drug-likeness (QED) is 0.613. The van der Waals surface area contributed by atoms with Crippen LogP contribution in [0.1, 0.15) is 23.0 Å². The number of halogens is 1. The SMILES string of the molecule is CC(=O)c1ccc(SCc2ccco2)c(Br)c1. The first-order valence-corrected chi connectivity index (χ1v) is 6.90. The Morgan fingerprint density at radius 1 is 1.41 bits per heavy atom. The van der Waals surface area contributed by atoms with E-state index in [1.807, 2.05) is 30.3 Å². The summed E-state index contributed by atoms with van der Waals surface area (Å²) in [5, 5.41) is 0. The molecule has 0 radical (unpaired) electrons. The lowest BCUT2D eigenvalue weighted by Crippen LogP contribution is -1.91. The van der Waals surface area contributed by atoms with E-state index in [1.165, 1.54) is 0 Å². The van der Waals surface area contributed by atoms with E-state index in [0.29, 0.717) is 0 Å². The van der Waals surface area contributed by atoms with Crippen LogP contribution >= 0.6 is 27.7 Å². The molecule has 2 aromatic rings. The molecule has 1 heterocycles. The molecule has 0 saturated carbocycles. The molecular weight excluding hydrogens is 300 g/mol. The molecular formula is C13H11BrO2S. The highest BCUT2D eigenvalue weighted by atomic mass is 79.9. The molecule has 88 valence electrons. The summed E-state index contributed by atoms with van der Waals surface area (Å²) in [6.45, 7) is 1.57. The molecule has 0 N–H and O–H groups in total. The third-order valence-corrected chi connectivity index (χ3v) is 4.30. The van der Waals surface area contributed by atoms with Gasteiger partial charge in [-0.05, 0) is 47.1 Å². The van der Waals surface area contributed by atoms with Gasteiger partial charge in [0.25, 0.3) is 0 Å². The fourth-order valence-electron chi connectivity index (χ4n) is 1.38. The normalized spacial score (nSPS) is 10.5. The van der Waals surface area contributed by atoms with Crippen LogP contribution in [0.5, 0.6) is 0 Å². The smallest absolute Gasteiger partial charge is 0.159 e. The number of Topliss-reactive ketones (excluding diaryl/α,β-unsaturated/α-hetero) is 1. The van der Waals surface area contributed by atoms with Gasteiger partial charge >= 0.3 is 0 Å². The number of hydrogen-bond donors (Lipinski definition) is 0. The third kappa shape index (κ3) is 3.23. The van der Waals surface area contributed by atoms with Gasteiger partial charge in [-0.3, -0.25) is 4.79 Å². The van der Waals surface area contributed by atoms with E-state index in [1.54, 1.807) is 24.9 Å². The predicted octanol–water partition coefficient (Wildman–Crippen LogP) is 4.54. The molecule has 0 aliphatic heterocycles. The van der Waals surface area contributed by atoms with E-state index >= 15 is 0 Å². The number of carbonyl (C=O) groups excluding carboxylic acids is 1. The minimum absolute atomic E-state index is 0.0771. The zero-order valence-corrected chi connectivity index (χ0v) is 11.7. The molecule has 0 unspecified atom stereocenters. The molecule has 0 aliphatic carbocycles. The Hall–Kier alpha value is -1.00. The van der Waals surface area contributed by atoms with Gasteiger partial charge in [-0.1, -0.05) is 6.07 Å². The molecule has 1 aromatic carbocycles. The van der Waals surface area contributed by atoms with Gasteiger partial charge in [-0.25, -0.2) is 0 Å². The van der Waals surface area contributed by atoms with Crippen molar-refractivity contribution in [1.29, 1.82) is 0 Å². The number of thioether (sulfide) groups is 1. The first kappa shape index (κ1) is 12.5. The molecule has 0 fully saturated rings. The van der Waals surface area contributed by atoms with Crippen LogP contribution in [0.4, 0.5) is 0 Å². The average Bonchev–Trinajstić information content (AvgIpc) is 2.80. The van der Waals surface area contributed by atoms with Crippen molar-refractivity contribution in [1.82, 2.24) is 0 Å². The van der Waals surface area contributed by atoms with Crippen LogP contribution in [0.3, 0.4) is 0 Å². The zero-order chi connectivity index (χ0) is 12.3. The van der Waals surface area contributed by atoms with Crippen LogP contribution in [-0.4, -0.2) is 5.78 Å². The van der Waals surface area contributed by atoms with Gasteiger partial charge in [0.05, 0.1) is 12.0 Å². The van der Waals surface area contributed by atoms with E-state index in [-0.39, 0.29) is 5.78 Å². The highest BCUT2D eigenvalue weighted by Gasteiger charge is 2.06. The van der Waals surface area contributed by atoms with Crippen LogP contribution < -0.4 is 0 Å². The van der Waals surface area contributed by atoms with E-state index in [2.05, 4.69) is 15.9 Å². The van der Waals surface area contributed by atoms with E-state index in [0.717, 1.165) is 26.4 Å². The Bertz CT molecular complexity index is 520. The molecule has 1 aromatic heterocycles. The van der Waals surface area contributed by atoms with Gasteiger partial charge in [0.15, 0.2) is 5.78 Å². The highest BCUT2D eigenvalue weighted by molar-refractivity contribution is 9.10. The summed E-state index contributed by atoms with van der Waals surface area (Å²) in [6.07, 6.45) is 1.67. The molecule has 17 heavy (non-hydrogen) atoms. The number of furan rings is 1. The second kappa shape index (κ2) is 5.56. The van der Waals surface area contributed by atoms with Crippen LogP contribution in [0.25, 0.3) is 0 Å². The number of hydrogen-bond acceptors (Lipinski definition) is 3. The Labute approximate surface area is 113 Å². The molecule has 0 spiro atoms. The summed E-state index contributed by atoms with van der Waals surface area (Å²) in [4.78, 5) is 12.3. The fraction of sp³-hybridized carbons (Fsp3) is 0.154. The number of rotatable bonds is 4. The van der Waals surface area contributed by atoms with Crippen molar-refractivity contribution in [2.75, 3.05) is 0 Å². The zero-order valence-electron chi connectivity index (χ0n) is 9.27. The van der Waals surface area contributed by atoms with Gasteiger partial charge in [0.1, 0.15) is 5.76 Å². The molecule has 2 nitrogen and oxygen atoms in total. The van der Waals surface area contributed by atoms with Gasteiger partial charge in [0.2, 0.25) is 0 Å². The Morgan fingerprint density at radius 2 is 2.24 bits per heavy atom. The number of ketones is 1. The Morgan fingerprint density at radius 3 is 2.82 bits per heavy atom. The van der Waals surface area contributed by atoms with Crippen molar-refractivity contribution < 1.29 is 9.21 Å².